The number of thiophene rings is 1. The molecular weight excluding hydrogens is 366 g/mol. The fourth-order valence-corrected chi connectivity index (χ4v) is 3.60. The molecule has 1 atom stereocenters. The summed E-state index contributed by atoms with van der Waals surface area (Å²) in [6.45, 7) is 1.89. The van der Waals surface area contributed by atoms with Gasteiger partial charge in [0, 0.05) is 5.02 Å². The van der Waals surface area contributed by atoms with Gasteiger partial charge in [0.15, 0.2) is 0 Å². The van der Waals surface area contributed by atoms with Gasteiger partial charge in [-0.1, -0.05) is 47.6 Å². The molecule has 0 aliphatic heterocycles. The van der Waals surface area contributed by atoms with Crippen LogP contribution in [-0.4, -0.2) is 21.9 Å². The molecule has 1 amide bonds. The minimum atomic E-state index is -0.170. The zero-order valence-corrected chi connectivity index (χ0v) is 15.1. The Morgan fingerprint density at radius 2 is 2.17 bits per heavy atom. The molecule has 5 nitrogen and oxygen atoms in total. The number of carbonyl (C=O) groups excluding carboxylic acids is 1. The molecular formula is C16H14ClN3O2S2. The van der Waals surface area contributed by atoms with Crippen LogP contribution in [0.3, 0.4) is 0 Å². The summed E-state index contributed by atoms with van der Waals surface area (Å²) in [6, 6.07) is 11.1. The summed E-state index contributed by atoms with van der Waals surface area (Å²) in [6.07, 6.45) is 0. The van der Waals surface area contributed by atoms with Gasteiger partial charge in [-0.3, -0.25) is 4.79 Å². The van der Waals surface area contributed by atoms with Crippen molar-refractivity contribution in [2.45, 2.75) is 18.2 Å². The van der Waals surface area contributed by atoms with Gasteiger partial charge in [0.2, 0.25) is 5.91 Å². The monoisotopic (exact) mass is 379 g/mol. The standard InChI is InChI=1S/C16H14ClN3O2S2/c1-10(11-5-2-3-6-12(11)17)18-14(21)9-24-16-20-19-15(22-16)13-7-4-8-23-13/h2-8,10H,9H2,1H3,(H,18,21)/t10-/m0/s1. The average molecular weight is 380 g/mol. The molecule has 0 fully saturated rings. The van der Waals surface area contributed by atoms with Crippen molar-refractivity contribution in [1.82, 2.24) is 15.5 Å². The second kappa shape index (κ2) is 7.83. The second-order valence-electron chi connectivity index (χ2n) is 4.95. The third-order valence-electron chi connectivity index (χ3n) is 3.21. The molecule has 0 bridgehead atoms. The number of aromatic nitrogens is 2. The van der Waals surface area contributed by atoms with Crippen molar-refractivity contribution < 1.29 is 9.21 Å². The Morgan fingerprint density at radius 1 is 1.33 bits per heavy atom. The molecule has 1 N–H and O–H groups in total. The Hall–Kier alpha value is -1.83. The topological polar surface area (TPSA) is 68.0 Å². The first-order chi connectivity index (χ1) is 11.6. The third kappa shape index (κ3) is 4.17. The number of halogens is 1. The lowest BCUT2D eigenvalue weighted by atomic mass is 10.1. The molecule has 0 radical (unpaired) electrons. The molecule has 0 aliphatic carbocycles. The molecule has 1 aromatic carbocycles. The van der Waals surface area contributed by atoms with Gasteiger partial charge >= 0.3 is 0 Å². The maximum Gasteiger partial charge on any atom is 0.277 e. The second-order valence-corrected chi connectivity index (χ2v) is 7.23. The number of thioether (sulfide) groups is 1. The highest BCUT2D eigenvalue weighted by Crippen LogP contribution is 2.27. The summed E-state index contributed by atoms with van der Waals surface area (Å²) >= 11 is 8.87. The molecule has 2 heterocycles. The zero-order chi connectivity index (χ0) is 16.9. The Labute approximate surface area is 152 Å². The fraction of sp³-hybridized carbons (Fsp3) is 0.188. The largest absolute Gasteiger partial charge is 0.410 e. The molecule has 0 saturated heterocycles. The van der Waals surface area contributed by atoms with Crippen LogP contribution in [0.2, 0.25) is 5.02 Å². The smallest absolute Gasteiger partial charge is 0.277 e. The van der Waals surface area contributed by atoms with E-state index in [9.17, 15) is 4.79 Å². The summed E-state index contributed by atoms with van der Waals surface area (Å²) < 4.78 is 5.54. The van der Waals surface area contributed by atoms with E-state index in [0.717, 1.165) is 10.4 Å². The Balaban J connectivity index is 1.53. The molecule has 3 rings (SSSR count). The van der Waals surface area contributed by atoms with Crippen LogP contribution in [0.25, 0.3) is 10.8 Å². The number of hydrogen-bond donors (Lipinski definition) is 1. The van der Waals surface area contributed by atoms with Crippen LogP contribution >= 0.6 is 34.7 Å². The van der Waals surface area contributed by atoms with E-state index < -0.39 is 0 Å². The molecule has 0 aliphatic rings. The molecule has 124 valence electrons. The van der Waals surface area contributed by atoms with E-state index in [2.05, 4.69) is 15.5 Å². The quantitative estimate of drug-likeness (QED) is 0.642. The van der Waals surface area contributed by atoms with Gasteiger partial charge in [0.05, 0.1) is 16.7 Å². The summed E-state index contributed by atoms with van der Waals surface area (Å²) in [5.41, 5.74) is 0.885. The van der Waals surface area contributed by atoms with Crippen LogP contribution in [-0.2, 0) is 4.79 Å². The van der Waals surface area contributed by atoms with Crippen molar-refractivity contribution in [2.24, 2.45) is 0 Å². The number of benzene rings is 1. The minimum Gasteiger partial charge on any atom is -0.410 e. The predicted octanol–water partition coefficient (Wildman–Crippen LogP) is 4.42. The molecule has 0 saturated carbocycles. The van der Waals surface area contributed by atoms with E-state index >= 15 is 0 Å². The zero-order valence-electron chi connectivity index (χ0n) is 12.7. The number of carbonyl (C=O) groups is 1. The molecule has 0 spiro atoms. The predicted molar refractivity (Wildman–Crippen MR) is 96.3 cm³/mol. The highest BCUT2D eigenvalue weighted by atomic mass is 35.5. The molecule has 0 unspecified atom stereocenters. The fourth-order valence-electron chi connectivity index (χ4n) is 2.08. The highest BCUT2D eigenvalue weighted by molar-refractivity contribution is 7.99. The lowest BCUT2D eigenvalue weighted by Crippen LogP contribution is -2.28. The van der Waals surface area contributed by atoms with Crippen molar-refractivity contribution >= 4 is 40.6 Å². The number of nitrogens with zero attached hydrogens (tertiary/aromatic N) is 2. The number of rotatable bonds is 6. The number of nitrogens with one attached hydrogen (secondary N) is 1. The van der Waals surface area contributed by atoms with Gasteiger partial charge in [-0.2, -0.15) is 0 Å². The summed E-state index contributed by atoms with van der Waals surface area (Å²) in [5.74, 6) is 0.543. The Kier molecular flexibility index (Phi) is 5.55. The summed E-state index contributed by atoms with van der Waals surface area (Å²) in [4.78, 5) is 13.0. The van der Waals surface area contributed by atoms with Gasteiger partial charge in [0.1, 0.15) is 0 Å². The van der Waals surface area contributed by atoms with Crippen LogP contribution in [0.5, 0.6) is 0 Å². The van der Waals surface area contributed by atoms with Crippen LogP contribution in [0.1, 0.15) is 18.5 Å². The van der Waals surface area contributed by atoms with E-state index in [1.165, 1.54) is 23.1 Å². The van der Waals surface area contributed by atoms with Gasteiger partial charge in [-0.25, -0.2) is 0 Å². The van der Waals surface area contributed by atoms with E-state index in [0.29, 0.717) is 16.1 Å². The summed E-state index contributed by atoms with van der Waals surface area (Å²) in [5, 5.41) is 13.8. The lowest BCUT2D eigenvalue weighted by Gasteiger charge is -2.15. The van der Waals surface area contributed by atoms with Crippen molar-refractivity contribution in [3.8, 4) is 10.8 Å². The van der Waals surface area contributed by atoms with E-state index in [4.69, 9.17) is 16.0 Å². The van der Waals surface area contributed by atoms with E-state index in [1.807, 2.05) is 42.6 Å². The van der Waals surface area contributed by atoms with E-state index in [-0.39, 0.29) is 17.7 Å². The van der Waals surface area contributed by atoms with Crippen molar-refractivity contribution in [2.75, 3.05) is 5.75 Å². The first kappa shape index (κ1) is 17.0. The van der Waals surface area contributed by atoms with Crippen LogP contribution in [0.4, 0.5) is 0 Å². The number of hydrogen-bond acceptors (Lipinski definition) is 6. The van der Waals surface area contributed by atoms with Crippen LogP contribution < -0.4 is 5.32 Å². The van der Waals surface area contributed by atoms with E-state index in [1.54, 1.807) is 6.07 Å². The van der Waals surface area contributed by atoms with Crippen LogP contribution in [0, 0.1) is 0 Å². The molecule has 24 heavy (non-hydrogen) atoms. The Bertz CT molecular complexity index is 820. The average Bonchev–Trinajstić information content (AvgIpc) is 3.24. The third-order valence-corrected chi connectivity index (χ3v) is 5.23. The van der Waals surface area contributed by atoms with Gasteiger partial charge in [0.25, 0.3) is 11.1 Å². The minimum absolute atomic E-state index is 0.122. The van der Waals surface area contributed by atoms with Gasteiger partial charge < -0.3 is 9.73 Å². The van der Waals surface area contributed by atoms with Gasteiger partial charge in [-0.15, -0.1) is 21.5 Å². The number of amides is 1. The Morgan fingerprint density at radius 3 is 2.92 bits per heavy atom. The maximum atomic E-state index is 12.1. The molecule has 8 heteroatoms. The van der Waals surface area contributed by atoms with Gasteiger partial charge in [-0.05, 0) is 30.0 Å². The normalized spacial score (nSPS) is 12.1. The summed E-state index contributed by atoms with van der Waals surface area (Å²) in [7, 11) is 0. The van der Waals surface area contributed by atoms with Crippen molar-refractivity contribution in [3.05, 3.63) is 52.4 Å². The highest BCUT2D eigenvalue weighted by Gasteiger charge is 2.15. The van der Waals surface area contributed by atoms with Crippen molar-refractivity contribution in [3.63, 3.8) is 0 Å². The molecule has 2 aromatic heterocycles. The first-order valence-corrected chi connectivity index (χ1v) is 9.42. The lowest BCUT2D eigenvalue weighted by molar-refractivity contribution is -0.119. The molecule has 3 aromatic rings. The van der Waals surface area contributed by atoms with Crippen molar-refractivity contribution in [1.29, 1.82) is 0 Å². The SMILES string of the molecule is C[C@H](NC(=O)CSc1nnc(-c2cccs2)o1)c1ccccc1Cl. The first-order valence-electron chi connectivity index (χ1n) is 7.17. The van der Waals surface area contributed by atoms with Crippen LogP contribution in [0.15, 0.2) is 51.4 Å². The maximum absolute atomic E-state index is 12.1.